The minimum Gasteiger partial charge on any atom is -0.465 e. The molecule has 21 heavy (non-hydrogen) atoms. The van der Waals surface area contributed by atoms with E-state index in [1.807, 2.05) is 6.07 Å². The van der Waals surface area contributed by atoms with Gasteiger partial charge in [-0.3, -0.25) is 4.79 Å². The van der Waals surface area contributed by atoms with Crippen LogP contribution in [0.25, 0.3) is 0 Å². The second kappa shape index (κ2) is 5.64. The average Bonchev–Trinajstić information content (AvgIpc) is 2.46. The minimum atomic E-state index is -0.477. The van der Waals surface area contributed by atoms with Gasteiger partial charge in [0.05, 0.1) is 29.2 Å². The molecule has 1 unspecified atom stereocenters. The van der Waals surface area contributed by atoms with Gasteiger partial charge < -0.3 is 4.74 Å². The third-order valence-corrected chi connectivity index (χ3v) is 3.49. The Labute approximate surface area is 123 Å². The number of ether oxygens (including phenoxy) is 1. The van der Waals surface area contributed by atoms with E-state index in [0.717, 1.165) is 5.56 Å². The van der Waals surface area contributed by atoms with Gasteiger partial charge in [-0.25, -0.2) is 0 Å². The van der Waals surface area contributed by atoms with Crippen LogP contribution in [-0.2, 0) is 9.53 Å². The van der Waals surface area contributed by atoms with E-state index in [0.29, 0.717) is 28.2 Å². The number of carbonyl (C=O) groups excluding carboxylic acids is 1. The first-order valence-electron chi connectivity index (χ1n) is 6.50. The molecule has 0 fully saturated rings. The van der Waals surface area contributed by atoms with Crippen LogP contribution in [0.2, 0.25) is 0 Å². The van der Waals surface area contributed by atoms with Crippen molar-refractivity contribution >= 4 is 5.78 Å². The standard InChI is InChI=1S/C17H14N2O2/c1-10(20)16-12(3)21-11(2)15(9-19)17(16)14-6-4-5-13(7-14)8-18/h4-7,17H,1-3H3. The molecule has 1 atom stereocenters. The molecule has 0 spiro atoms. The van der Waals surface area contributed by atoms with E-state index in [-0.39, 0.29) is 5.78 Å². The van der Waals surface area contributed by atoms with Crippen LogP contribution in [0, 0.1) is 22.7 Å². The highest BCUT2D eigenvalue weighted by molar-refractivity contribution is 5.96. The number of hydrogen-bond donors (Lipinski definition) is 0. The predicted molar refractivity (Wildman–Crippen MR) is 76.7 cm³/mol. The summed E-state index contributed by atoms with van der Waals surface area (Å²) >= 11 is 0. The van der Waals surface area contributed by atoms with Crippen molar-refractivity contribution in [2.45, 2.75) is 26.7 Å². The quantitative estimate of drug-likeness (QED) is 0.831. The molecule has 0 saturated heterocycles. The van der Waals surface area contributed by atoms with Crippen LogP contribution in [0.4, 0.5) is 0 Å². The van der Waals surface area contributed by atoms with E-state index in [1.54, 1.807) is 32.0 Å². The molecule has 0 N–H and O–H groups in total. The smallest absolute Gasteiger partial charge is 0.160 e. The first kappa shape index (κ1) is 14.6. The number of carbonyl (C=O) groups is 1. The molecular formula is C17H14N2O2. The summed E-state index contributed by atoms with van der Waals surface area (Å²) in [6.45, 7) is 4.88. The summed E-state index contributed by atoms with van der Waals surface area (Å²) < 4.78 is 5.52. The SMILES string of the molecule is CC(=O)C1=C(C)OC(C)=C(C#N)C1c1cccc(C#N)c1. The molecule has 0 amide bonds. The van der Waals surface area contributed by atoms with E-state index in [2.05, 4.69) is 12.1 Å². The Balaban J connectivity index is 2.69. The number of nitriles is 2. The Kier molecular flexibility index (Phi) is 3.91. The molecule has 0 saturated carbocycles. The van der Waals surface area contributed by atoms with Crippen LogP contribution in [0.1, 0.15) is 37.8 Å². The highest BCUT2D eigenvalue weighted by Gasteiger charge is 2.33. The first-order chi connectivity index (χ1) is 9.99. The number of benzene rings is 1. The van der Waals surface area contributed by atoms with Gasteiger partial charge in [0, 0.05) is 5.57 Å². The zero-order valence-corrected chi connectivity index (χ0v) is 12.1. The first-order valence-corrected chi connectivity index (χ1v) is 6.50. The summed E-state index contributed by atoms with van der Waals surface area (Å²) in [5, 5.41) is 18.5. The third kappa shape index (κ3) is 2.57. The normalized spacial score (nSPS) is 17.9. The molecule has 1 aliphatic heterocycles. The summed E-state index contributed by atoms with van der Waals surface area (Å²) in [6.07, 6.45) is 0. The topological polar surface area (TPSA) is 73.9 Å². The summed E-state index contributed by atoms with van der Waals surface area (Å²) in [4.78, 5) is 12.0. The van der Waals surface area contributed by atoms with Gasteiger partial charge in [0.15, 0.2) is 5.78 Å². The molecule has 4 nitrogen and oxygen atoms in total. The van der Waals surface area contributed by atoms with Gasteiger partial charge >= 0.3 is 0 Å². The Morgan fingerprint density at radius 2 is 1.90 bits per heavy atom. The highest BCUT2D eigenvalue weighted by atomic mass is 16.5. The summed E-state index contributed by atoms with van der Waals surface area (Å²) in [5.74, 6) is 0.383. The van der Waals surface area contributed by atoms with Gasteiger partial charge in [0.2, 0.25) is 0 Å². The molecule has 1 heterocycles. The van der Waals surface area contributed by atoms with Gasteiger partial charge in [-0.05, 0) is 38.5 Å². The van der Waals surface area contributed by atoms with E-state index < -0.39 is 5.92 Å². The Morgan fingerprint density at radius 3 is 2.48 bits per heavy atom. The molecule has 1 aromatic rings. The maximum absolute atomic E-state index is 12.0. The van der Waals surface area contributed by atoms with Crippen molar-refractivity contribution in [1.29, 1.82) is 10.5 Å². The van der Waals surface area contributed by atoms with Crippen molar-refractivity contribution in [1.82, 2.24) is 0 Å². The van der Waals surface area contributed by atoms with Gasteiger partial charge in [-0.2, -0.15) is 10.5 Å². The fourth-order valence-electron chi connectivity index (χ4n) is 2.61. The molecule has 1 aromatic carbocycles. The molecule has 104 valence electrons. The van der Waals surface area contributed by atoms with Crippen LogP contribution < -0.4 is 0 Å². The van der Waals surface area contributed by atoms with Gasteiger partial charge in [0.25, 0.3) is 0 Å². The van der Waals surface area contributed by atoms with E-state index in [1.165, 1.54) is 6.92 Å². The van der Waals surface area contributed by atoms with Crippen molar-refractivity contribution in [3.63, 3.8) is 0 Å². The molecule has 0 radical (unpaired) electrons. The summed E-state index contributed by atoms with van der Waals surface area (Å²) in [7, 11) is 0. The number of allylic oxidation sites excluding steroid dienone is 4. The summed E-state index contributed by atoms with van der Waals surface area (Å²) in [5.41, 5.74) is 2.11. The number of nitrogens with zero attached hydrogens (tertiary/aromatic N) is 2. The average molecular weight is 278 g/mol. The monoisotopic (exact) mass is 278 g/mol. The number of hydrogen-bond acceptors (Lipinski definition) is 4. The summed E-state index contributed by atoms with van der Waals surface area (Å²) in [6, 6.07) is 11.2. The van der Waals surface area contributed by atoms with Crippen molar-refractivity contribution in [3.8, 4) is 12.1 Å². The number of ketones is 1. The van der Waals surface area contributed by atoms with Crippen molar-refractivity contribution in [2.24, 2.45) is 0 Å². The second-order valence-corrected chi connectivity index (χ2v) is 4.88. The van der Waals surface area contributed by atoms with Crippen LogP contribution >= 0.6 is 0 Å². The van der Waals surface area contributed by atoms with Crippen LogP contribution in [0.5, 0.6) is 0 Å². The largest absolute Gasteiger partial charge is 0.465 e. The highest BCUT2D eigenvalue weighted by Crippen LogP contribution is 2.40. The lowest BCUT2D eigenvalue weighted by Gasteiger charge is -2.27. The van der Waals surface area contributed by atoms with E-state index in [9.17, 15) is 10.1 Å². The Morgan fingerprint density at radius 1 is 1.19 bits per heavy atom. The third-order valence-electron chi connectivity index (χ3n) is 3.49. The fraction of sp³-hybridized carbons (Fsp3) is 0.235. The van der Waals surface area contributed by atoms with E-state index >= 15 is 0 Å². The van der Waals surface area contributed by atoms with Crippen molar-refractivity contribution < 1.29 is 9.53 Å². The van der Waals surface area contributed by atoms with Crippen LogP contribution in [0.15, 0.2) is 46.9 Å². The Hall–Kier alpha value is -2.85. The molecular weight excluding hydrogens is 264 g/mol. The lowest BCUT2D eigenvalue weighted by molar-refractivity contribution is -0.114. The van der Waals surface area contributed by atoms with Crippen LogP contribution in [-0.4, -0.2) is 5.78 Å². The predicted octanol–water partition coefficient (Wildman–Crippen LogP) is 3.33. The minimum absolute atomic E-state index is 0.139. The number of Topliss-reactive ketones (excluding diaryl/α,β-unsaturated/α-hetero) is 1. The zero-order chi connectivity index (χ0) is 15.6. The fourth-order valence-corrected chi connectivity index (χ4v) is 2.61. The Bertz CT molecular complexity index is 758. The molecule has 0 aliphatic carbocycles. The maximum Gasteiger partial charge on any atom is 0.160 e. The second-order valence-electron chi connectivity index (χ2n) is 4.88. The zero-order valence-electron chi connectivity index (χ0n) is 12.1. The molecule has 0 aromatic heterocycles. The van der Waals surface area contributed by atoms with Crippen molar-refractivity contribution in [3.05, 3.63) is 58.1 Å². The lowest BCUT2D eigenvalue weighted by atomic mass is 9.80. The number of rotatable bonds is 2. The van der Waals surface area contributed by atoms with Gasteiger partial charge in [-0.15, -0.1) is 0 Å². The maximum atomic E-state index is 12.0. The van der Waals surface area contributed by atoms with Crippen LogP contribution in [0.3, 0.4) is 0 Å². The van der Waals surface area contributed by atoms with Crippen molar-refractivity contribution in [2.75, 3.05) is 0 Å². The van der Waals surface area contributed by atoms with Gasteiger partial charge in [0.1, 0.15) is 11.5 Å². The molecule has 1 aliphatic rings. The van der Waals surface area contributed by atoms with Gasteiger partial charge in [-0.1, -0.05) is 12.1 Å². The lowest BCUT2D eigenvalue weighted by Crippen LogP contribution is -2.19. The molecule has 4 heteroatoms. The van der Waals surface area contributed by atoms with E-state index in [4.69, 9.17) is 10.00 Å². The molecule has 0 bridgehead atoms. The molecule has 2 rings (SSSR count).